The van der Waals surface area contributed by atoms with Crippen LogP contribution in [-0.4, -0.2) is 19.3 Å². The van der Waals surface area contributed by atoms with Crippen LogP contribution in [0, 0.1) is 5.92 Å². The minimum atomic E-state index is 0.509. The van der Waals surface area contributed by atoms with Gasteiger partial charge in [-0.05, 0) is 25.3 Å². The molecule has 2 atom stereocenters. The first kappa shape index (κ1) is 7.03. The highest BCUT2D eigenvalue weighted by Crippen LogP contribution is 2.32. The third-order valence-electron chi connectivity index (χ3n) is 1.70. The Kier molecular flexibility index (Phi) is 2.49. The number of rotatable bonds is 4. The van der Waals surface area contributed by atoms with Crippen molar-refractivity contribution in [2.24, 2.45) is 11.7 Å². The lowest BCUT2D eigenvalue weighted by molar-refractivity contribution is 0.110. The van der Waals surface area contributed by atoms with E-state index < -0.39 is 0 Å². The molecule has 2 nitrogen and oxygen atoms in total. The van der Waals surface area contributed by atoms with E-state index >= 15 is 0 Å². The number of ether oxygens (including phenoxy) is 1. The van der Waals surface area contributed by atoms with E-state index in [1.807, 2.05) is 0 Å². The fraction of sp³-hybridized carbons (Fsp3) is 1.00. The second kappa shape index (κ2) is 3.18. The molecule has 0 aliphatic heterocycles. The van der Waals surface area contributed by atoms with E-state index in [2.05, 4.69) is 6.92 Å². The zero-order valence-electron chi connectivity index (χ0n) is 5.97. The van der Waals surface area contributed by atoms with Crippen LogP contribution in [0.1, 0.15) is 19.8 Å². The molecule has 0 aromatic carbocycles. The minimum Gasteiger partial charge on any atom is -0.378 e. The average molecular weight is 129 g/mol. The molecule has 1 saturated carbocycles. The van der Waals surface area contributed by atoms with Crippen LogP contribution in [0.5, 0.6) is 0 Å². The molecule has 0 aromatic rings. The smallest absolute Gasteiger partial charge is 0.0620 e. The van der Waals surface area contributed by atoms with E-state index in [9.17, 15) is 0 Å². The lowest BCUT2D eigenvalue weighted by atomic mass is 10.4. The Morgan fingerprint density at radius 2 is 2.44 bits per heavy atom. The highest BCUT2D eigenvalue weighted by Gasteiger charge is 2.36. The van der Waals surface area contributed by atoms with Gasteiger partial charge >= 0.3 is 0 Å². The molecule has 2 N–H and O–H groups in total. The van der Waals surface area contributed by atoms with E-state index in [1.54, 1.807) is 0 Å². The summed E-state index contributed by atoms with van der Waals surface area (Å²) in [4.78, 5) is 0. The van der Waals surface area contributed by atoms with Crippen LogP contribution in [0.4, 0.5) is 0 Å². The summed E-state index contributed by atoms with van der Waals surface area (Å²) in [5, 5.41) is 0. The van der Waals surface area contributed by atoms with Gasteiger partial charge in [0.2, 0.25) is 0 Å². The summed E-state index contributed by atoms with van der Waals surface area (Å²) < 4.78 is 5.43. The summed E-state index contributed by atoms with van der Waals surface area (Å²) in [6.45, 7) is 3.83. The van der Waals surface area contributed by atoms with Crippen LogP contribution in [0.25, 0.3) is 0 Å². The molecule has 2 heteroatoms. The van der Waals surface area contributed by atoms with Gasteiger partial charge in [0.05, 0.1) is 6.10 Å². The van der Waals surface area contributed by atoms with Gasteiger partial charge in [-0.3, -0.25) is 0 Å². The second-order valence-electron chi connectivity index (χ2n) is 2.64. The molecule has 0 aromatic heterocycles. The molecule has 1 rings (SSSR count). The number of hydrogen-bond acceptors (Lipinski definition) is 2. The lowest BCUT2D eigenvalue weighted by Crippen LogP contribution is -2.06. The Balaban J connectivity index is 1.92. The maximum Gasteiger partial charge on any atom is 0.0620 e. The van der Waals surface area contributed by atoms with Gasteiger partial charge in [-0.1, -0.05) is 6.92 Å². The van der Waals surface area contributed by atoms with Gasteiger partial charge < -0.3 is 10.5 Å². The summed E-state index contributed by atoms with van der Waals surface area (Å²) in [6, 6.07) is 0. The van der Waals surface area contributed by atoms with E-state index in [-0.39, 0.29) is 0 Å². The third-order valence-corrected chi connectivity index (χ3v) is 1.70. The van der Waals surface area contributed by atoms with Crippen molar-refractivity contribution < 1.29 is 4.74 Å². The van der Waals surface area contributed by atoms with Gasteiger partial charge in [0.1, 0.15) is 0 Å². The zero-order chi connectivity index (χ0) is 6.69. The highest BCUT2D eigenvalue weighted by atomic mass is 16.5. The molecule has 1 aliphatic carbocycles. The summed E-state index contributed by atoms with van der Waals surface area (Å²) in [6.07, 6.45) is 2.82. The van der Waals surface area contributed by atoms with Crippen molar-refractivity contribution in [1.82, 2.24) is 0 Å². The first-order valence-corrected chi connectivity index (χ1v) is 3.70. The topological polar surface area (TPSA) is 35.2 Å². The predicted molar refractivity (Wildman–Crippen MR) is 37.2 cm³/mol. The van der Waals surface area contributed by atoms with Crippen LogP contribution in [0.3, 0.4) is 0 Å². The molecule has 54 valence electrons. The first-order valence-electron chi connectivity index (χ1n) is 3.70. The van der Waals surface area contributed by atoms with Crippen LogP contribution >= 0.6 is 0 Å². The molecule has 1 aliphatic rings. The molecular weight excluding hydrogens is 114 g/mol. The summed E-state index contributed by atoms with van der Waals surface area (Å²) in [5.41, 5.74) is 5.42. The molecule has 0 spiro atoms. The first-order chi connectivity index (χ1) is 4.38. The van der Waals surface area contributed by atoms with E-state index in [0.29, 0.717) is 12.0 Å². The SMILES string of the molecule is CCCOC1CC1CN. The Hall–Kier alpha value is -0.0800. The molecule has 0 radical (unpaired) electrons. The van der Waals surface area contributed by atoms with Crippen molar-refractivity contribution in [3.05, 3.63) is 0 Å². The highest BCUT2D eigenvalue weighted by molar-refractivity contribution is 4.87. The van der Waals surface area contributed by atoms with Crippen molar-refractivity contribution in [1.29, 1.82) is 0 Å². The van der Waals surface area contributed by atoms with Gasteiger partial charge in [-0.2, -0.15) is 0 Å². The van der Waals surface area contributed by atoms with E-state index in [0.717, 1.165) is 19.6 Å². The molecule has 0 amide bonds. The van der Waals surface area contributed by atoms with Gasteiger partial charge in [0, 0.05) is 6.61 Å². The normalized spacial score (nSPS) is 32.7. The molecule has 1 fully saturated rings. The van der Waals surface area contributed by atoms with E-state index in [1.165, 1.54) is 6.42 Å². The summed E-state index contributed by atoms with van der Waals surface area (Å²) in [5.74, 6) is 0.677. The fourth-order valence-corrected chi connectivity index (χ4v) is 0.941. The Morgan fingerprint density at radius 1 is 1.67 bits per heavy atom. The Labute approximate surface area is 56.4 Å². The van der Waals surface area contributed by atoms with Crippen LogP contribution in [0.15, 0.2) is 0 Å². The molecule has 9 heavy (non-hydrogen) atoms. The lowest BCUT2D eigenvalue weighted by Gasteiger charge is -1.97. The second-order valence-corrected chi connectivity index (χ2v) is 2.64. The fourth-order valence-electron chi connectivity index (χ4n) is 0.941. The minimum absolute atomic E-state index is 0.509. The molecule has 2 unspecified atom stereocenters. The Morgan fingerprint density at radius 3 is 2.89 bits per heavy atom. The maximum atomic E-state index is 5.43. The number of nitrogens with two attached hydrogens (primary N) is 1. The summed E-state index contributed by atoms with van der Waals surface area (Å²) >= 11 is 0. The third kappa shape index (κ3) is 1.95. The van der Waals surface area contributed by atoms with Crippen LogP contribution in [-0.2, 0) is 4.74 Å². The van der Waals surface area contributed by atoms with E-state index in [4.69, 9.17) is 10.5 Å². The summed E-state index contributed by atoms with van der Waals surface area (Å²) in [7, 11) is 0. The predicted octanol–water partition coefficient (Wildman–Crippen LogP) is 0.760. The largest absolute Gasteiger partial charge is 0.378 e. The average Bonchev–Trinajstić information content (AvgIpc) is 2.62. The van der Waals surface area contributed by atoms with Crippen molar-refractivity contribution in [3.8, 4) is 0 Å². The zero-order valence-corrected chi connectivity index (χ0v) is 5.97. The standard InChI is InChI=1S/C7H15NO/c1-2-3-9-7-4-6(7)5-8/h6-7H,2-5,8H2,1H3. The van der Waals surface area contributed by atoms with Crippen LogP contribution < -0.4 is 5.73 Å². The molecule has 0 bridgehead atoms. The maximum absolute atomic E-state index is 5.43. The van der Waals surface area contributed by atoms with Gasteiger partial charge in [0.15, 0.2) is 0 Å². The molecular formula is C7H15NO. The van der Waals surface area contributed by atoms with Crippen LogP contribution in [0.2, 0.25) is 0 Å². The Bertz CT molecular complexity index is 85.0. The van der Waals surface area contributed by atoms with Gasteiger partial charge in [-0.15, -0.1) is 0 Å². The molecule has 0 saturated heterocycles. The quantitative estimate of drug-likeness (QED) is 0.608. The van der Waals surface area contributed by atoms with Crippen molar-refractivity contribution in [2.45, 2.75) is 25.9 Å². The van der Waals surface area contributed by atoms with Crippen molar-refractivity contribution >= 4 is 0 Å². The number of hydrogen-bond donors (Lipinski definition) is 1. The van der Waals surface area contributed by atoms with Crippen molar-refractivity contribution in [3.63, 3.8) is 0 Å². The molecule has 0 heterocycles. The van der Waals surface area contributed by atoms with Gasteiger partial charge in [0.25, 0.3) is 0 Å². The monoisotopic (exact) mass is 129 g/mol. The van der Waals surface area contributed by atoms with Crippen molar-refractivity contribution in [2.75, 3.05) is 13.2 Å². The van der Waals surface area contributed by atoms with Gasteiger partial charge in [-0.25, -0.2) is 0 Å².